The molecule has 1 nitrogen and oxygen atoms in total. The van der Waals surface area contributed by atoms with Gasteiger partial charge in [-0.25, -0.2) is 0 Å². The molecule has 2 aromatic heterocycles. The van der Waals surface area contributed by atoms with Crippen molar-refractivity contribution in [3.63, 3.8) is 0 Å². The first-order valence-corrected chi connectivity index (χ1v) is 22.3. The van der Waals surface area contributed by atoms with Crippen LogP contribution in [0.2, 0.25) is 0 Å². The van der Waals surface area contributed by atoms with Crippen LogP contribution >= 0.6 is 0 Å². The third kappa shape index (κ3) is 4.93. The minimum absolute atomic E-state index is 0.185. The molecule has 0 saturated carbocycles. The standard InChI is InChI=1S/C58H34OSe/c1-2-15-35(16-3-1)54-39-17-4-6-19-41(39)55(42-20-7-5-18-40(42)54)36-30-32-52-49(33-36)38-31-29-37(34-53(38)60-52)56-43-21-8-10-23-45(43)57(46-24-11-9-22-44(46)56)48-26-14-28-51-58(48)47-25-12-13-27-50(47)59-51/h1-34H. The molecule has 13 rings (SSSR count). The van der Waals surface area contributed by atoms with E-state index in [9.17, 15) is 0 Å². The van der Waals surface area contributed by atoms with E-state index in [2.05, 4.69) is 200 Å². The molecular weight excluding hydrogens is 792 g/mol. The number of fused-ring (bicyclic) bond motifs is 10. The first-order chi connectivity index (χ1) is 29.8. The normalized spacial score (nSPS) is 12.0. The maximum atomic E-state index is 6.39. The van der Waals surface area contributed by atoms with Crippen LogP contribution < -0.4 is 0 Å². The van der Waals surface area contributed by atoms with Gasteiger partial charge in [-0.1, -0.05) is 6.07 Å². The number of para-hydroxylation sites is 1. The van der Waals surface area contributed by atoms with Crippen molar-refractivity contribution < 1.29 is 4.42 Å². The van der Waals surface area contributed by atoms with Crippen LogP contribution in [0.4, 0.5) is 0 Å². The molecule has 60 heavy (non-hydrogen) atoms. The number of hydrogen-bond donors (Lipinski definition) is 0. The van der Waals surface area contributed by atoms with Crippen molar-refractivity contribution in [2.24, 2.45) is 0 Å². The zero-order chi connectivity index (χ0) is 39.3. The van der Waals surface area contributed by atoms with E-state index in [4.69, 9.17) is 4.42 Å². The van der Waals surface area contributed by atoms with Crippen molar-refractivity contribution in [2.75, 3.05) is 0 Å². The van der Waals surface area contributed by atoms with Gasteiger partial charge >= 0.3 is 348 Å². The Labute approximate surface area is 352 Å². The second kappa shape index (κ2) is 13.1. The van der Waals surface area contributed by atoms with Crippen molar-refractivity contribution in [2.45, 2.75) is 0 Å². The Hall–Kier alpha value is -7.22. The van der Waals surface area contributed by atoms with Gasteiger partial charge in [0.25, 0.3) is 0 Å². The van der Waals surface area contributed by atoms with Crippen LogP contribution in [0.15, 0.2) is 211 Å². The van der Waals surface area contributed by atoms with Gasteiger partial charge in [0.15, 0.2) is 0 Å². The molecule has 0 saturated heterocycles. The van der Waals surface area contributed by atoms with Crippen LogP contribution in [0.1, 0.15) is 0 Å². The fourth-order valence-electron chi connectivity index (χ4n) is 10.2. The summed E-state index contributed by atoms with van der Waals surface area (Å²) in [5.74, 6) is 0. The van der Waals surface area contributed by atoms with Gasteiger partial charge in [-0.2, -0.15) is 0 Å². The van der Waals surface area contributed by atoms with E-state index in [0.29, 0.717) is 0 Å². The molecule has 0 unspecified atom stereocenters. The minimum atomic E-state index is 0.185. The molecule has 13 aromatic rings. The van der Waals surface area contributed by atoms with Gasteiger partial charge in [0.1, 0.15) is 0 Å². The van der Waals surface area contributed by atoms with Gasteiger partial charge in [0.2, 0.25) is 0 Å². The molecule has 11 aromatic carbocycles. The molecule has 0 spiro atoms. The Bertz CT molecular complexity index is 3770. The summed E-state index contributed by atoms with van der Waals surface area (Å²) in [6.07, 6.45) is 0. The maximum absolute atomic E-state index is 6.39. The fourth-order valence-corrected chi connectivity index (χ4v) is 12.5. The SMILES string of the molecule is c1ccc(-c2c3ccccc3c(-c3ccc4[se]c5cc(-c6c7ccccc7c(-c7cccc8oc9ccccc9c78)c7ccccc67)ccc5c4c3)c3ccccc23)cc1. The summed E-state index contributed by atoms with van der Waals surface area (Å²) in [6.45, 7) is 0. The zero-order valence-corrected chi connectivity index (χ0v) is 34.2. The van der Waals surface area contributed by atoms with Crippen LogP contribution in [0.25, 0.3) is 129 Å². The molecule has 0 atom stereocenters. The summed E-state index contributed by atoms with van der Waals surface area (Å²) < 4.78 is 9.28. The molecule has 0 aliphatic rings. The summed E-state index contributed by atoms with van der Waals surface area (Å²) >= 11 is 0.185. The van der Waals surface area contributed by atoms with Crippen molar-refractivity contribution in [1.82, 2.24) is 0 Å². The molecular formula is C58H34OSe. The average molecular weight is 826 g/mol. The number of furan rings is 1. The summed E-state index contributed by atoms with van der Waals surface area (Å²) in [5.41, 5.74) is 12.0. The van der Waals surface area contributed by atoms with E-state index >= 15 is 0 Å². The van der Waals surface area contributed by atoms with E-state index in [1.807, 2.05) is 6.07 Å². The van der Waals surface area contributed by atoms with Crippen LogP contribution in [0.3, 0.4) is 0 Å². The summed E-state index contributed by atoms with van der Waals surface area (Å²) in [7, 11) is 0. The van der Waals surface area contributed by atoms with E-state index in [1.165, 1.54) is 112 Å². The molecule has 0 bridgehead atoms. The fraction of sp³-hybridized carbons (Fsp3) is 0. The molecule has 0 amide bonds. The second-order valence-electron chi connectivity index (χ2n) is 15.8. The summed E-state index contributed by atoms with van der Waals surface area (Å²) in [6, 6.07) is 76.1. The summed E-state index contributed by atoms with van der Waals surface area (Å²) in [4.78, 5) is 0. The Kier molecular flexibility index (Phi) is 7.39. The predicted molar refractivity (Wildman–Crippen MR) is 257 cm³/mol. The molecule has 0 N–H and O–H groups in total. The zero-order valence-electron chi connectivity index (χ0n) is 32.4. The second-order valence-corrected chi connectivity index (χ2v) is 18.1. The monoisotopic (exact) mass is 826 g/mol. The van der Waals surface area contributed by atoms with Crippen LogP contribution in [-0.2, 0) is 0 Å². The average Bonchev–Trinajstić information content (AvgIpc) is 3.88. The molecule has 0 fully saturated rings. The van der Waals surface area contributed by atoms with E-state index in [-0.39, 0.29) is 14.5 Å². The first kappa shape index (κ1) is 33.7. The van der Waals surface area contributed by atoms with E-state index in [1.54, 1.807) is 0 Å². The number of benzene rings is 11. The van der Waals surface area contributed by atoms with Gasteiger partial charge in [0.05, 0.1) is 0 Å². The first-order valence-electron chi connectivity index (χ1n) is 20.6. The molecule has 2 heteroatoms. The van der Waals surface area contributed by atoms with Crippen LogP contribution in [0.5, 0.6) is 0 Å². The Morgan fingerprint density at radius 2 is 0.733 bits per heavy atom. The van der Waals surface area contributed by atoms with Gasteiger partial charge < -0.3 is 0 Å². The number of rotatable bonds is 4. The topological polar surface area (TPSA) is 13.1 Å². The van der Waals surface area contributed by atoms with E-state index < -0.39 is 0 Å². The third-order valence-corrected chi connectivity index (χ3v) is 15.0. The summed E-state index contributed by atoms with van der Waals surface area (Å²) in [5, 5.41) is 15.2. The van der Waals surface area contributed by atoms with Gasteiger partial charge in [-0.05, 0) is 0 Å². The van der Waals surface area contributed by atoms with Gasteiger partial charge in [-0.15, -0.1) is 0 Å². The van der Waals surface area contributed by atoms with Crippen molar-refractivity contribution >= 4 is 98.8 Å². The van der Waals surface area contributed by atoms with Gasteiger partial charge in [0, 0.05) is 0 Å². The predicted octanol–water partition coefficient (Wildman–Crippen LogP) is 16.2. The van der Waals surface area contributed by atoms with Crippen molar-refractivity contribution in [3.8, 4) is 44.5 Å². The van der Waals surface area contributed by atoms with Crippen LogP contribution in [0, 0.1) is 0 Å². The third-order valence-electron chi connectivity index (χ3n) is 12.6. The van der Waals surface area contributed by atoms with E-state index in [0.717, 1.165) is 16.6 Å². The molecule has 2 heterocycles. The van der Waals surface area contributed by atoms with Gasteiger partial charge in [-0.3, -0.25) is 0 Å². The molecule has 0 radical (unpaired) electrons. The van der Waals surface area contributed by atoms with Crippen molar-refractivity contribution in [1.29, 1.82) is 0 Å². The molecule has 278 valence electrons. The quantitative estimate of drug-likeness (QED) is 0.127. The van der Waals surface area contributed by atoms with Crippen molar-refractivity contribution in [3.05, 3.63) is 206 Å². The number of hydrogen-bond acceptors (Lipinski definition) is 1. The Morgan fingerprint density at radius 1 is 0.267 bits per heavy atom. The molecule has 0 aliphatic heterocycles. The Morgan fingerprint density at radius 3 is 1.33 bits per heavy atom. The van der Waals surface area contributed by atoms with Crippen LogP contribution in [-0.4, -0.2) is 14.5 Å². The Balaban J connectivity index is 1.02. The molecule has 0 aliphatic carbocycles.